The minimum absolute atomic E-state index is 0.104. The Bertz CT molecular complexity index is 585. The highest BCUT2D eigenvalue weighted by Gasteiger charge is 2.17. The summed E-state index contributed by atoms with van der Waals surface area (Å²) in [7, 11) is 0. The predicted octanol–water partition coefficient (Wildman–Crippen LogP) is 3.94. The molecule has 1 aliphatic heterocycles. The largest absolute Gasteiger partial charge is 0.489 e. The van der Waals surface area contributed by atoms with Crippen LogP contribution in [0.25, 0.3) is 0 Å². The van der Waals surface area contributed by atoms with Crippen molar-refractivity contribution in [3.63, 3.8) is 0 Å². The molecular formula is C17H18FNO. The van der Waals surface area contributed by atoms with Crippen molar-refractivity contribution in [3.05, 3.63) is 59.4 Å². The van der Waals surface area contributed by atoms with Crippen LogP contribution >= 0.6 is 0 Å². The van der Waals surface area contributed by atoms with Gasteiger partial charge in [-0.1, -0.05) is 18.2 Å². The number of rotatable bonds is 2. The van der Waals surface area contributed by atoms with E-state index in [0.29, 0.717) is 5.56 Å². The van der Waals surface area contributed by atoms with E-state index in [1.165, 1.54) is 17.3 Å². The summed E-state index contributed by atoms with van der Waals surface area (Å²) in [6, 6.07) is 13.3. The molecule has 20 heavy (non-hydrogen) atoms. The molecule has 1 aliphatic rings. The third-order valence-corrected chi connectivity index (χ3v) is 3.71. The van der Waals surface area contributed by atoms with Crippen molar-refractivity contribution in [1.82, 2.24) is 0 Å². The molecule has 1 N–H and O–H groups in total. The highest BCUT2D eigenvalue weighted by Crippen LogP contribution is 2.24. The van der Waals surface area contributed by atoms with Crippen molar-refractivity contribution in [2.75, 3.05) is 11.9 Å². The Morgan fingerprint density at radius 2 is 2.05 bits per heavy atom. The average Bonchev–Trinajstić information content (AvgIpc) is 2.66. The first-order valence-corrected chi connectivity index (χ1v) is 6.97. The lowest BCUT2D eigenvalue weighted by atomic mass is 10.1. The molecule has 0 spiro atoms. The van der Waals surface area contributed by atoms with Gasteiger partial charge in [0.1, 0.15) is 17.7 Å². The van der Waals surface area contributed by atoms with Crippen molar-refractivity contribution >= 4 is 5.69 Å². The van der Waals surface area contributed by atoms with Crippen LogP contribution in [-0.4, -0.2) is 12.6 Å². The summed E-state index contributed by atoms with van der Waals surface area (Å²) in [5.74, 6) is 0.547. The first-order valence-electron chi connectivity index (χ1n) is 6.97. The fourth-order valence-electron chi connectivity index (χ4n) is 2.54. The number of nitrogens with one attached hydrogen (secondary N) is 1. The van der Waals surface area contributed by atoms with Gasteiger partial charge >= 0.3 is 0 Å². The summed E-state index contributed by atoms with van der Waals surface area (Å²) in [6.07, 6.45) is 2.06. The molecule has 3 heteroatoms. The first kappa shape index (κ1) is 13.0. The number of para-hydroxylation sites is 1. The Balaban J connectivity index is 1.69. The van der Waals surface area contributed by atoms with Crippen LogP contribution in [0.3, 0.4) is 0 Å². The van der Waals surface area contributed by atoms with E-state index >= 15 is 0 Å². The molecule has 0 amide bonds. The second-order valence-electron chi connectivity index (χ2n) is 5.23. The molecule has 2 aromatic rings. The van der Waals surface area contributed by atoms with Gasteiger partial charge < -0.3 is 10.1 Å². The molecule has 2 nitrogen and oxygen atoms in total. The molecule has 0 aromatic heterocycles. The van der Waals surface area contributed by atoms with Gasteiger partial charge in [-0.2, -0.15) is 0 Å². The third kappa shape index (κ3) is 2.77. The number of halogens is 1. The second-order valence-corrected chi connectivity index (χ2v) is 5.23. The van der Waals surface area contributed by atoms with E-state index in [4.69, 9.17) is 4.74 Å². The lowest BCUT2D eigenvalue weighted by Gasteiger charge is -2.17. The number of anilines is 1. The molecule has 104 valence electrons. The minimum Gasteiger partial charge on any atom is -0.489 e. The standard InChI is InChI=1S/C17H18FNO/c1-12-10-14(8-9-16(12)18)20-15-7-6-13-4-2-3-5-17(13)19-11-15/h2-5,8-10,15,19H,6-7,11H2,1H3. The van der Waals surface area contributed by atoms with Gasteiger partial charge in [-0.3, -0.25) is 0 Å². The van der Waals surface area contributed by atoms with E-state index in [1.807, 2.05) is 6.07 Å². The van der Waals surface area contributed by atoms with Crippen LogP contribution < -0.4 is 10.1 Å². The van der Waals surface area contributed by atoms with Crippen LogP contribution in [0.5, 0.6) is 5.75 Å². The van der Waals surface area contributed by atoms with Crippen LogP contribution in [0, 0.1) is 12.7 Å². The number of ether oxygens (including phenoxy) is 1. The second kappa shape index (κ2) is 5.53. The Hall–Kier alpha value is -2.03. The lowest BCUT2D eigenvalue weighted by molar-refractivity contribution is 0.206. The Labute approximate surface area is 118 Å². The lowest BCUT2D eigenvalue weighted by Crippen LogP contribution is -2.24. The van der Waals surface area contributed by atoms with Gasteiger partial charge in [0.05, 0.1) is 6.54 Å². The maximum atomic E-state index is 13.3. The van der Waals surface area contributed by atoms with E-state index < -0.39 is 0 Å². The molecule has 0 radical (unpaired) electrons. The molecule has 0 fully saturated rings. The zero-order valence-corrected chi connectivity index (χ0v) is 11.5. The van der Waals surface area contributed by atoms with E-state index in [9.17, 15) is 4.39 Å². The summed E-state index contributed by atoms with van der Waals surface area (Å²) in [4.78, 5) is 0. The van der Waals surface area contributed by atoms with Gasteiger partial charge in [0.2, 0.25) is 0 Å². The quantitative estimate of drug-likeness (QED) is 0.893. The molecule has 0 bridgehead atoms. The summed E-state index contributed by atoms with van der Waals surface area (Å²) >= 11 is 0. The zero-order chi connectivity index (χ0) is 13.9. The molecule has 1 unspecified atom stereocenters. The highest BCUT2D eigenvalue weighted by atomic mass is 19.1. The monoisotopic (exact) mass is 271 g/mol. The summed E-state index contributed by atoms with van der Waals surface area (Å²) in [6.45, 7) is 2.52. The zero-order valence-electron chi connectivity index (χ0n) is 11.5. The van der Waals surface area contributed by atoms with E-state index in [0.717, 1.165) is 25.1 Å². The summed E-state index contributed by atoms with van der Waals surface area (Å²) in [5, 5.41) is 3.42. The van der Waals surface area contributed by atoms with Gasteiger partial charge in [-0.25, -0.2) is 4.39 Å². The molecule has 1 atom stereocenters. The molecule has 0 saturated heterocycles. The Morgan fingerprint density at radius 1 is 1.20 bits per heavy atom. The Morgan fingerprint density at radius 3 is 2.90 bits per heavy atom. The van der Waals surface area contributed by atoms with E-state index in [-0.39, 0.29) is 11.9 Å². The topological polar surface area (TPSA) is 21.3 Å². The van der Waals surface area contributed by atoms with Crippen LogP contribution in [0.1, 0.15) is 17.5 Å². The number of hydrogen-bond donors (Lipinski definition) is 1. The third-order valence-electron chi connectivity index (χ3n) is 3.71. The maximum Gasteiger partial charge on any atom is 0.126 e. The van der Waals surface area contributed by atoms with Gasteiger partial charge in [0.15, 0.2) is 0 Å². The van der Waals surface area contributed by atoms with Crippen molar-refractivity contribution in [3.8, 4) is 5.75 Å². The average molecular weight is 271 g/mol. The number of hydrogen-bond acceptors (Lipinski definition) is 2. The molecule has 1 heterocycles. The van der Waals surface area contributed by atoms with Crippen LogP contribution in [0.2, 0.25) is 0 Å². The van der Waals surface area contributed by atoms with Gasteiger partial charge in [-0.05, 0) is 55.2 Å². The van der Waals surface area contributed by atoms with Crippen LogP contribution in [0.15, 0.2) is 42.5 Å². The predicted molar refractivity (Wildman–Crippen MR) is 78.8 cm³/mol. The van der Waals surface area contributed by atoms with Crippen LogP contribution in [-0.2, 0) is 6.42 Å². The maximum absolute atomic E-state index is 13.3. The van der Waals surface area contributed by atoms with Crippen molar-refractivity contribution in [2.45, 2.75) is 25.9 Å². The van der Waals surface area contributed by atoms with Crippen LogP contribution in [0.4, 0.5) is 10.1 Å². The molecule has 2 aromatic carbocycles. The molecule has 0 aliphatic carbocycles. The molecule has 0 saturated carbocycles. The number of fused-ring (bicyclic) bond motifs is 1. The fraction of sp³-hybridized carbons (Fsp3) is 0.294. The Kier molecular flexibility index (Phi) is 3.59. The number of aryl methyl sites for hydroxylation is 2. The van der Waals surface area contributed by atoms with Crippen molar-refractivity contribution in [2.24, 2.45) is 0 Å². The van der Waals surface area contributed by atoms with Gasteiger partial charge in [-0.15, -0.1) is 0 Å². The number of benzene rings is 2. The van der Waals surface area contributed by atoms with Gasteiger partial charge in [0.25, 0.3) is 0 Å². The summed E-state index contributed by atoms with van der Waals surface area (Å²) < 4.78 is 19.2. The smallest absolute Gasteiger partial charge is 0.126 e. The first-order chi connectivity index (χ1) is 9.72. The molecular weight excluding hydrogens is 253 g/mol. The van der Waals surface area contributed by atoms with E-state index in [1.54, 1.807) is 19.1 Å². The fourth-order valence-corrected chi connectivity index (χ4v) is 2.54. The highest BCUT2D eigenvalue weighted by molar-refractivity contribution is 5.52. The molecule has 3 rings (SSSR count). The minimum atomic E-state index is -0.191. The van der Waals surface area contributed by atoms with Crippen molar-refractivity contribution in [1.29, 1.82) is 0 Å². The van der Waals surface area contributed by atoms with Crippen molar-refractivity contribution < 1.29 is 9.13 Å². The van der Waals surface area contributed by atoms with E-state index in [2.05, 4.69) is 23.5 Å². The summed E-state index contributed by atoms with van der Waals surface area (Å²) in [5.41, 5.74) is 3.13. The normalized spacial score (nSPS) is 17.8. The van der Waals surface area contributed by atoms with Gasteiger partial charge in [0, 0.05) is 5.69 Å². The SMILES string of the molecule is Cc1cc(OC2CCc3ccccc3NC2)ccc1F.